The molecule has 0 saturated heterocycles. The molecule has 0 fully saturated rings. The highest BCUT2D eigenvalue weighted by Gasteiger charge is 2.14. The van der Waals surface area contributed by atoms with E-state index in [9.17, 15) is 9.59 Å². The molecule has 158 valence electrons. The molecule has 0 saturated carbocycles. The maximum Gasteiger partial charge on any atom is 0.329 e. The molecule has 2 N–H and O–H groups in total. The van der Waals surface area contributed by atoms with Gasteiger partial charge in [-0.25, -0.2) is 10.1 Å². The summed E-state index contributed by atoms with van der Waals surface area (Å²) < 4.78 is 2.61. The third kappa shape index (κ3) is 5.16. The zero-order valence-electron chi connectivity index (χ0n) is 16.8. The van der Waals surface area contributed by atoms with Gasteiger partial charge in [0.1, 0.15) is 5.69 Å². The quantitative estimate of drug-likeness (QED) is 0.248. The van der Waals surface area contributed by atoms with Crippen molar-refractivity contribution >= 4 is 39.6 Å². The number of nitrogens with one attached hydrogen (secondary N) is 2. The van der Waals surface area contributed by atoms with Crippen molar-refractivity contribution in [1.82, 2.24) is 15.2 Å². The largest absolute Gasteiger partial charge is 0.329 e. The highest BCUT2D eigenvalue weighted by atomic mass is 79.9. The van der Waals surface area contributed by atoms with Crippen LogP contribution < -0.4 is 10.7 Å². The average molecular weight is 488 g/mol. The lowest BCUT2D eigenvalue weighted by atomic mass is 10.1. The van der Waals surface area contributed by atoms with Crippen LogP contribution in [0.5, 0.6) is 0 Å². The van der Waals surface area contributed by atoms with E-state index in [-0.39, 0.29) is 0 Å². The lowest BCUT2D eigenvalue weighted by Crippen LogP contribution is -2.32. The molecule has 4 aromatic rings. The first-order valence-corrected chi connectivity index (χ1v) is 10.5. The minimum absolute atomic E-state index is 0.507. The van der Waals surface area contributed by atoms with Gasteiger partial charge in [0.05, 0.1) is 11.9 Å². The fourth-order valence-electron chi connectivity index (χ4n) is 2.95. The fourth-order valence-corrected chi connectivity index (χ4v) is 3.21. The van der Waals surface area contributed by atoms with Crippen LogP contribution in [0.15, 0.2) is 101 Å². The molecule has 1 heterocycles. The smallest absolute Gasteiger partial charge is 0.318 e. The van der Waals surface area contributed by atoms with Crippen LogP contribution in [0.25, 0.3) is 16.9 Å². The first-order chi connectivity index (χ1) is 15.6. The van der Waals surface area contributed by atoms with Crippen molar-refractivity contribution < 1.29 is 9.59 Å². The number of nitrogens with zero attached hydrogens (tertiary/aromatic N) is 3. The molecule has 7 nitrogen and oxygen atoms in total. The van der Waals surface area contributed by atoms with Gasteiger partial charge in [-0.3, -0.25) is 9.59 Å². The number of hydrazone groups is 1. The summed E-state index contributed by atoms with van der Waals surface area (Å²) in [7, 11) is 0. The van der Waals surface area contributed by atoms with Crippen molar-refractivity contribution in [2.45, 2.75) is 0 Å². The second-order valence-electron chi connectivity index (χ2n) is 6.74. The summed E-state index contributed by atoms with van der Waals surface area (Å²) in [6, 6.07) is 26.2. The highest BCUT2D eigenvalue weighted by Crippen LogP contribution is 2.22. The van der Waals surface area contributed by atoms with E-state index in [1.807, 2.05) is 66.9 Å². The van der Waals surface area contributed by atoms with E-state index < -0.39 is 11.8 Å². The van der Waals surface area contributed by atoms with Crippen LogP contribution in [0.3, 0.4) is 0 Å². The monoisotopic (exact) mass is 487 g/mol. The van der Waals surface area contributed by atoms with Crippen molar-refractivity contribution in [3.05, 3.63) is 101 Å². The number of hydrogen-bond acceptors (Lipinski definition) is 4. The number of rotatable bonds is 5. The summed E-state index contributed by atoms with van der Waals surface area (Å²) in [5.41, 5.74) is 5.96. The zero-order chi connectivity index (χ0) is 22.3. The Morgan fingerprint density at radius 2 is 1.53 bits per heavy atom. The van der Waals surface area contributed by atoms with Crippen molar-refractivity contribution in [2.75, 3.05) is 5.32 Å². The van der Waals surface area contributed by atoms with Gasteiger partial charge in [0.25, 0.3) is 0 Å². The number of carbonyl (C=O) groups is 2. The molecule has 32 heavy (non-hydrogen) atoms. The van der Waals surface area contributed by atoms with Gasteiger partial charge in [0, 0.05) is 27.5 Å². The second-order valence-corrected chi connectivity index (χ2v) is 7.66. The Morgan fingerprint density at radius 1 is 0.875 bits per heavy atom. The maximum atomic E-state index is 12.1. The van der Waals surface area contributed by atoms with E-state index in [1.54, 1.807) is 28.9 Å². The van der Waals surface area contributed by atoms with Gasteiger partial charge in [-0.2, -0.15) is 10.2 Å². The molecule has 0 aliphatic rings. The van der Waals surface area contributed by atoms with Crippen LogP contribution >= 0.6 is 15.9 Å². The number of aromatic nitrogens is 2. The summed E-state index contributed by atoms with van der Waals surface area (Å²) in [5.74, 6) is -1.69. The Kier molecular flexibility index (Phi) is 6.52. The predicted octanol–water partition coefficient (Wildman–Crippen LogP) is 4.39. The third-order valence-electron chi connectivity index (χ3n) is 4.49. The average Bonchev–Trinajstić information content (AvgIpc) is 3.26. The molecular weight excluding hydrogens is 470 g/mol. The minimum Gasteiger partial charge on any atom is -0.318 e. The number of para-hydroxylation sites is 1. The van der Waals surface area contributed by atoms with Crippen molar-refractivity contribution in [3.63, 3.8) is 0 Å². The summed E-state index contributed by atoms with van der Waals surface area (Å²) in [5, 5.41) is 11.2. The van der Waals surface area contributed by atoms with Crippen LogP contribution in [0.4, 0.5) is 5.69 Å². The normalized spacial score (nSPS) is 10.8. The van der Waals surface area contributed by atoms with Crippen LogP contribution in [0.2, 0.25) is 0 Å². The van der Waals surface area contributed by atoms with E-state index >= 15 is 0 Å². The molecule has 0 atom stereocenters. The SMILES string of the molecule is O=C(N/N=C/c1cn(-c2ccccc2)nc1-c1ccccc1)C(=O)Nc1ccc(Br)cc1. The lowest BCUT2D eigenvalue weighted by molar-refractivity contribution is -0.136. The molecular formula is C24H18BrN5O2. The number of carbonyl (C=O) groups excluding carboxylic acids is 2. The van der Waals surface area contributed by atoms with Gasteiger partial charge in [-0.05, 0) is 36.4 Å². The Labute approximate surface area is 192 Å². The molecule has 0 spiro atoms. The van der Waals surface area contributed by atoms with Crippen molar-refractivity contribution in [1.29, 1.82) is 0 Å². The molecule has 4 rings (SSSR count). The standard InChI is InChI=1S/C24H18BrN5O2/c25-19-11-13-20(14-12-19)27-23(31)24(32)28-26-15-18-16-30(21-9-5-2-6-10-21)29-22(18)17-7-3-1-4-8-17/h1-16H,(H,27,31)(H,28,32)/b26-15+. The summed E-state index contributed by atoms with van der Waals surface area (Å²) in [6.07, 6.45) is 3.29. The van der Waals surface area contributed by atoms with Gasteiger partial charge < -0.3 is 5.32 Å². The maximum absolute atomic E-state index is 12.1. The number of halogens is 1. The van der Waals surface area contributed by atoms with Crippen LogP contribution in [0, 0.1) is 0 Å². The van der Waals surface area contributed by atoms with E-state index in [4.69, 9.17) is 0 Å². The Balaban J connectivity index is 1.51. The van der Waals surface area contributed by atoms with Crippen LogP contribution in [-0.2, 0) is 9.59 Å². The summed E-state index contributed by atoms with van der Waals surface area (Å²) >= 11 is 3.32. The first kappa shape index (κ1) is 21.2. The third-order valence-corrected chi connectivity index (χ3v) is 5.02. The van der Waals surface area contributed by atoms with Gasteiger partial charge in [0.15, 0.2) is 0 Å². The molecule has 0 aliphatic heterocycles. The van der Waals surface area contributed by atoms with Gasteiger partial charge in [-0.15, -0.1) is 0 Å². The molecule has 1 aromatic heterocycles. The van der Waals surface area contributed by atoms with Crippen molar-refractivity contribution in [2.24, 2.45) is 5.10 Å². The van der Waals surface area contributed by atoms with Gasteiger partial charge >= 0.3 is 11.8 Å². The molecule has 3 aromatic carbocycles. The fraction of sp³-hybridized carbons (Fsp3) is 0. The number of benzene rings is 3. The van der Waals surface area contributed by atoms with Crippen molar-refractivity contribution in [3.8, 4) is 16.9 Å². The number of anilines is 1. The topological polar surface area (TPSA) is 88.4 Å². The van der Waals surface area contributed by atoms with Gasteiger partial charge in [-0.1, -0.05) is 64.5 Å². The molecule has 0 radical (unpaired) electrons. The van der Waals surface area contributed by atoms with E-state index in [2.05, 4.69) is 36.9 Å². The van der Waals surface area contributed by atoms with E-state index in [1.165, 1.54) is 6.21 Å². The van der Waals surface area contributed by atoms with Crippen LogP contribution in [0.1, 0.15) is 5.56 Å². The molecule has 0 unspecified atom stereocenters. The lowest BCUT2D eigenvalue weighted by Gasteiger charge is -2.03. The van der Waals surface area contributed by atoms with Crippen LogP contribution in [-0.4, -0.2) is 27.8 Å². The zero-order valence-corrected chi connectivity index (χ0v) is 18.4. The van der Waals surface area contributed by atoms with E-state index in [0.717, 1.165) is 15.7 Å². The Bertz CT molecular complexity index is 1250. The first-order valence-electron chi connectivity index (χ1n) is 9.70. The summed E-state index contributed by atoms with van der Waals surface area (Å²) in [6.45, 7) is 0. The number of hydrogen-bond donors (Lipinski definition) is 2. The number of amides is 2. The highest BCUT2D eigenvalue weighted by molar-refractivity contribution is 9.10. The Hall–Kier alpha value is -4.04. The summed E-state index contributed by atoms with van der Waals surface area (Å²) in [4.78, 5) is 24.2. The molecule has 2 amide bonds. The minimum atomic E-state index is -0.874. The predicted molar refractivity (Wildman–Crippen MR) is 128 cm³/mol. The second kappa shape index (κ2) is 9.84. The molecule has 8 heteroatoms. The molecule has 0 aliphatic carbocycles. The Morgan fingerprint density at radius 3 is 2.22 bits per heavy atom. The van der Waals surface area contributed by atoms with E-state index in [0.29, 0.717) is 16.9 Å². The van der Waals surface area contributed by atoms with Gasteiger partial charge in [0.2, 0.25) is 0 Å². The molecule has 0 bridgehead atoms.